The first-order valence-electron chi connectivity index (χ1n) is 6.66. The Bertz CT molecular complexity index is 679. The van der Waals surface area contributed by atoms with Gasteiger partial charge in [-0.15, -0.1) is 0 Å². The van der Waals surface area contributed by atoms with E-state index in [4.69, 9.17) is 14.4 Å². The fourth-order valence-electron chi connectivity index (χ4n) is 2.08. The average Bonchev–Trinajstić information content (AvgIpc) is 2.94. The molecule has 1 aliphatic rings. The zero-order valence-corrected chi connectivity index (χ0v) is 11.5. The lowest BCUT2D eigenvalue weighted by Gasteiger charge is -2.35. The number of carbonyl (C=O) groups excluding carboxylic acids is 1. The van der Waals surface area contributed by atoms with Crippen LogP contribution in [0.2, 0.25) is 0 Å². The SMILES string of the molecule is O=C(O)c1noc(C2CN(C(=O)OCc3ccccc3)C2)n1. The predicted molar refractivity (Wildman–Crippen MR) is 72.2 cm³/mol. The third kappa shape index (κ3) is 2.90. The van der Waals surface area contributed by atoms with Crippen LogP contribution in [0, 0.1) is 0 Å². The molecule has 0 bridgehead atoms. The van der Waals surface area contributed by atoms with E-state index >= 15 is 0 Å². The van der Waals surface area contributed by atoms with E-state index in [2.05, 4.69) is 10.1 Å². The van der Waals surface area contributed by atoms with Crippen molar-refractivity contribution in [3.63, 3.8) is 0 Å². The van der Waals surface area contributed by atoms with Crippen LogP contribution in [0.15, 0.2) is 34.9 Å². The second kappa shape index (κ2) is 5.84. The van der Waals surface area contributed by atoms with E-state index in [9.17, 15) is 9.59 Å². The quantitative estimate of drug-likeness (QED) is 0.912. The van der Waals surface area contributed by atoms with Crippen LogP contribution in [0.1, 0.15) is 28.0 Å². The van der Waals surface area contributed by atoms with Gasteiger partial charge in [-0.3, -0.25) is 0 Å². The normalized spacial score (nSPS) is 14.5. The summed E-state index contributed by atoms with van der Waals surface area (Å²) in [6.07, 6.45) is -0.418. The number of carboxylic acids is 1. The molecule has 0 unspecified atom stereocenters. The molecule has 0 aliphatic carbocycles. The van der Waals surface area contributed by atoms with Crippen molar-refractivity contribution in [1.29, 1.82) is 0 Å². The zero-order chi connectivity index (χ0) is 15.5. The third-order valence-electron chi connectivity index (χ3n) is 3.33. The van der Waals surface area contributed by atoms with Crippen LogP contribution in [0.5, 0.6) is 0 Å². The second-order valence-electron chi connectivity index (χ2n) is 4.90. The van der Waals surface area contributed by atoms with Gasteiger partial charge in [-0.1, -0.05) is 30.3 Å². The second-order valence-corrected chi connectivity index (χ2v) is 4.90. The summed E-state index contributed by atoms with van der Waals surface area (Å²) >= 11 is 0. The molecule has 2 heterocycles. The van der Waals surface area contributed by atoms with E-state index in [-0.39, 0.29) is 24.2 Å². The molecule has 0 saturated carbocycles. The largest absolute Gasteiger partial charge is 0.475 e. The smallest absolute Gasteiger partial charge is 0.410 e. The lowest BCUT2D eigenvalue weighted by molar-refractivity contribution is 0.0605. The van der Waals surface area contributed by atoms with Gasteiger partial charge < -0.3 is 19.3 Å². The first kappa shape index (κ1) is 14.1. The number of nitrogens with zero attached hydrogens (tertiary/aromatic N) is 3. The van der Waals surface area contributed by atoms with E-state index in [1.165, 1.54) is 4.90 Å². The van der Waals surface area contributed by atoms with Gasteiger partial charge in [-0.05, 0) is 10.7 Å². The minimum absolute atomic E-state index is 0.148. The maximum Gasteiger partial charge on any atom is 0.410 e. The molecule has 1 fully saturated rings. The molecular formula is C14H13N3O5. The Morgan fingerprint density at radius 1 is 1.32 bits per heavy atom. The number of ether oxygens (including phenoxy) is 1. The fourth-order valence-corrected chi connectivity index (χ4v) is 2.08. The Morgan fingerprint density at radius 2 is 2.05 bits per heavy atom. The minimum atomic E-state index is -1.24. The molecule has 8 heteroatoms. The van der Waals surface area contributed by atoms with E-state index in [1.54, 1.807) is 0 Å². The molecular weight excluding hydrogens is 290 g/mol. The average molecular weight is 303 g/mol. The first-order chi connectivity index (χ1) is 10.6. The van der Waals surface area contributed by atoms with Crippen LogP contribution in [-0.4, -0.2) is 45.3 Å². The summed E-state index contributed by atoms with van der Waals surface area (Å²) in [5.41, 5.74) is 0.913. The van der Waals surface area contributed by atoms with Crippen LogP contribution in [0.25, 0.3) is 0 Å². The van der Waals surface area contributed by atoms with Crippen molar-refractivity contribution in [3.8, 4) is 0 Å². The van der Waals surface area contributed by atoms with Gasteiger partial charge in [0.25, 0.3) is 5.82 Å². The monoisotopic (exact) mass is 303 g/mol. The fraction of sp³-hybridized carbons (Fsp3) is 0.286. The van der Waals surface area contributed by atoms with Crippen molar-refractivity contribution in [1.82, 2.24) is 15.0 Å². The number of carboxylic acid groups (broad SMARTS) is 1. The van der Waals surface area contributed by atoms with Crippen LogP contribution < -0.4 is 0 Å². The van der Waals surface area contributed by atoms with Crippen molar-refractivity contribution in [3.05, 3.63) is 47.6 Å². The molecule has 22 heavy (non-hydrogen) atoms. The summed E-state index contributed by atoms with van der Waals surface area (Å²) in [4.78, 5) is 27.8. The van der Waals surface area contributed by atoms with Gasteiger partial charge in [0.15, 0.2) is 0 Å². The molecule has 8 nitrogen and oxygen atoms in total. The summed E-state index contributed by atoms with van der Waals surface area (Å²) in [5.74, 6) is -1.54. The van der Waals surface area contributed by atoms with Crippen molar-refractivity contribution >= 4 is 12.1 Å². The Labute approximate surface area is 125 Å². The number of benzene rings is 1. The molecule has 3 rings (SSSR count). The highest BCUT2D eigenvalue weighted by molar-refractivity contribution is 5.82. The molecule has 0 radical (unpaired) electrons. The summed E-state index contributed by atoms with van der Waals surface area (Å²) in [6, 6.07) is 9.38. The Balaban J connectivity index is 1.48. The Morgan fingerprint density at radius 3 is 2.68 bits per heavy atom. The number of aromatic carboxylic acids is 1. The summed E-state index contributed by atoms with van der Waals surface area (Å²) in [7, 11) is 0. The van der Waals surface area contributed by atoms with Crippen LogP contribution in [0.4, 0.5) is 4.79 Å². The minimum Gasteiger partial charge on any atom is -0.475 e. The van der Waals surface area contributed by atoms with Crippen molar-refractivity contribution < 1.29 is 24.0 Å². The number of aromatic nitrogens is 2. The highest BCUT2D eigenvalue weighted by Crippen LogP contribution is 2.26. The Hall–Kier alpha value is -2.90. The number of carbonyl (C=O) groups is 2. The molecule has 0 atom stereocenters. The number of hydrogen-bond acceptors (Lipinski definition) is 6. The van der Waals surface area contributed by atoms with Crippen LogP contribution >= 0.6 is 0 Å². The standard InChI is InChI=1S/C14H13N3O5/c18-13(19)11-15-12(22-16-11)10-6-17(7-10)14(20)21-8-9-4-2-1-3-5-9/h1-5,10H,6-8H2,(H,18,19). The summed E-state index contributed by atoms with van der Waals surface area (Å²) < 4.78 is 10.1. The van der Waals surface area contributed by atoms with E-state index in [0.717, 1.165) is 5.56 Å². The molecule has 1 N–H and O–H groups in total. The van der Waals surface area contributed by atoms with E-state index < -0.39 is 12.1 Å². The van der Waals surface area contributed by atoms with Crippen LogP contribution in [-0.2, 0) is 11.3 Å². The van der Waals surface area contributed by atoms with Gasteiger partial charge in [-0.25, -0.2) is 9.59 Å². The predicted octanol–water partition coefficient (Wildman–Crippen LogP) is 1.50. The van der Waals surface area contributed by atoms with E-state index in [0.29, 0.717) is 13.1 Å². The summed E-state index contributed by atoms with van der Waals surface area (Å²) in [5, 5.41) is 12.1. The lowest BCUT2D eigenvalue weighted by atomic mass is 10.0. The van der Waals surface area contributed by atoms with E-state index in [1.807, 2.05) is 30.3 Å². The number of likely N-dealkylation sites (tertiary alicyclic amines) is 1. The number of hydrogen-bond donors (Lipinski definition) is 1. The molecule has 2 aromatic rings. The van der Waals surface area contributed by atoms with Gasteiger partial charge >= 0.3 is 12.1 Å². The van der Waals surface area contributed by atoms with Crippen molar-refractivity contribution in [2.24, 2.45) is 0 Å². The summed E-state index contributed by atoms with van der Waals surface area (Å²) in [6.45, 7) is 0.953. The maximum atomic E-state index is 11.8. The van der Waals surface area contributed by atoms with Crippen molar-refractivity contribution in [2.75, 3.05) is 13.1 Å². The van der Waals surface area contributed by atoms with Gasteiger partial charge in [0.2, 0.25) is 5.89 Å². The molecule has 0 spiro atoms. The zero-order valence-electron chi connectivity index (χ0n) is 11.5. The van der Waals surface area contributed by atoms with Crippen LogP contribution in [0.3, 0.4) is 0 Å². The van der Waals surface area contributed by atoms with Crippen molar-refractivity contribution in [2.45, 2.75) is 12.5 Å². The highest BCUT2D eigenvalue weighted by Gasteiger charge is 2.37. The lowest BCUT2D eigenvalue weighted by Crippen LogP contribution is -2.48. The third-order valence-corrected chi connectivity index (χ3v) is 3.33. The van der Waals surface area contributed by atoms with Gasteiger partial charge in [0, 0.05) is 13.1 Å². The molecule has 1 aromatic carbocycles. The molecule has 1 amide bonds. The highest BCUT2D eigenvalue weighted by atomic mass is 16.6. The molecule has 1 aromatic heterocycles. The topological polar surface area (TPSA) is 106 Å². The number of amides is 1. The molecule has 114 valence electrons. The first-order valence-corrected chi connectivity index (χ1v) is 6.66. The van der Waals surface area contributed by atoms with Gasteiger partial charge in [0.05, 0.1) is 5.92 Å². The van der Waals surface area contributed by atoms with Gasteiger partial charge in [0.1, 0.15) is 6.61 Å². The molecule has 1 aliphatic heterocycles. The molecule has 1 saturated heterocycles. The number of rotatable bonds is 4. The van der Waals surface area contributed by atoms with Gasteiger partial charge in [-0.2, -0.15) is 4.98 Å². The Kier molecular flexibility index (Phi) is 3.73. The maximum absolute atomic E-state index is 11.8.